The maximum Gasteiger partial charge on any atom is 0.226 e. The topological polar surface area (TPSA) is 66.9 Å². The van der Waals surface area contributed by atoms with Crippen LogP contribution in [-0.4, -0.2) is 29.1 Å². The summed E-state index contributed by atoms with van der Waals surface area (Å²) in [5.74, 6) is -0.0181. The fourth-order valence-electron chi connectivity index (χ4n) is 0.661. The van der Waals surface area contributed by atoms with Gasteiger partial charge in [0.2, 0.25) is 5.91 Å². The van der Waals surface area contributed by atoms with E-state index in [9.17, 15) is 4.79 Å². The van der Waals surface area contributed by atoms with Crippen LogP contribution in [0.5, 0.6) is 0 Å². The van der Waals surface area contributed by atoms with E-state index in [4.69, 9.17) is 0 Å². The summed E-state index contributed by atoms with van der Waals surface area (Å²) in [6.07, 6.45) is 2.00. The van der Waals surface area contributed by atoms with Gasteiger partial charge in [-0.25, -0.2) is 0 Å². The van der Waals surface area contributed by atoms with Gasteiger partial charge < -0.3 is 10.6 Å². The zero-order chi connectivity index (χ0) is 8.81. The number of anilines is 1. The minimum atomic E-state index is -0.0181. The number of nitrogens with one attached hydrogen (secondary N) is 2. The molecule has 2 N–H and O–H groups in total. The van der Waals surface area contributed by atoms with Crippen LogP contribution in [0.2, 0.25) is 0 Å². The SMILES string of the molecule is CNCCC(=O)Nc1cnns1. The summed E-state index contributed by atoms with van der Waals surface area (Å²) in [5.41, 5.74) is 0. The highest BCUT2D eigenvalue weighted by Gasteiger charge is 2.01. The Morgan fingerprint density at radius 1 is 1.75 bits per heavy atom. The molecule has 12 heavy (non-hydrogen) atoms. The molecule has 0 aliphatic heterocycles. The van der Waals surface area contributed by atoms with Crippen molar-refractivity contribution in [2.45, 2.75) is 6.42 Å². The Hall–Kier alpha value is -1.01. The van der Waals surface area contributed by atoms with Crippen LogP contribution in [0.3, 0.4) is 0 Å². The Kier molecular flexibility index (Phi) is 3.62. The van der Waals surface area contributed by atoms with Gasteiger partial charge in [-0.1, -0.05) is 4.49 Å². The molecule has 1 heterocycles. The number of carbonyl (C=O) groups is 1. The normalized spacial score (nSPS) is 9.75. The molecule has 0 aliphatic carbocycles. The second kappa shape index (κ2) is 4.78. The summed E-state index contributed by atoms with van der Waals surface area (Å²) in [7, 11) is 1.81. The average molecular weight is 186 g/mol. The van der Waals surface area contributed by atoms with Crippen LogP contribution in [0.25, 0.3) is 0 Å². The van der Waals surface area contributed by atoms with Crippen molar-refractivity contribution in [3.63, 3.8) is 0 Å². The van der Waals surface area contributed by atoms with Crippen molar-refractivity contribution in [2.24, 2.45) is 0 Å². The van der Waals surface area contributed by atoms with Crippen molar-refractivity contribution < 1.29 is 4.79 Å². The van der Waals surface area contributed by atoms with Crippen LogP contribution < -0.4 is 10.6 Å². The molecule has 0 atom stereocenters. The highest BCUT2D eigenvalue weighted by atomic mass is 32.1. The van der Waals surface area contributed by atoms with Gasteiger partial charge in [0.05, 0.1) is 6.20 Å². The molecule has 1 amide bonds. The molecular formula is C6H10N4OS. The fraction of sp³-hybridized carbons (Fsp3) is 0.500. The molecule has 6 heteroatoms. The first-order valence-corrected chi connectivity index (χ1v) is 4.32. The minimum Gasteiger partial charge on any atom is -0.319 e. The van der Waals surface area contributed by atoms with Crippen molar-refractivity contribution in [1.29, 1.82) is 0 Å². The Labute approximate surface area is 74.3 Å². The van der Waals surface area contributed by atoms with Gasteiger partial charge in [0.15, 0.2) is 0 Å². The van der Waals surface area contributed by atoms with Crippen molar-refractivity contribution in [2.75, 3.05) is 18.9 Å². The van der Waals surface area contributed by atoms with Crippen LogP contribution in [-0.2, 0) is 4.79 Å². The lowest BCUT2D eigenvalue weighted by atomic mass is 10.4. The number of hydrogen-bond donors (Lipinski definition) is 2. The molecule has 0 radical (unpaired) electrons. The predicted octanol–water partition coefficient (Wildman–Crippen LogP) is 0.0861. The summed E-state index contributed by atoms with van der Waals surface area (Å²) >= 11 is 1.17. The highest BCUT2D eigenvalue weighted by Crippen LogP contribution is 2.08. The summed E-state index contributed by atoms with van der Waals surface area (Å²) in [5, 5.41) is 9.85. The van der Waals surface area contributed by atoms with Crippen molar-refractivity contribution in [3.8, 4) is 0 Å². The van der Waals surface area contributed by atoms with Crippen LogP contribution in [0.15, 0.2) is 6.20 Å². The Bertz CT molecular complexity index is 236. The molecule has 0 fully saturated rings. The second-order valence-corrected chi connectivity index (χ2v) is 2.97. The van der Waals surface area contributed by atoms with E-state index >= 15 is 0 Å². The average Bonchev–Trinajstić information content (AvgIpc) is 2.53. The monoisotopic (exact) mass is 186 g/mol. The second-order valence-electron chi connectivity index (χ2n) is 2.18. The third kappa shape index (κ3) is 2.93. The molecule has 0 saturated carbocycles. The van der Waals surface area contributed by atoms with Gasteiger partial charge in [-0.3, -0.25) is 4.79 Å². The molecule has 1 rings (SSSR count). The number of nitrogens with zero attached hydrogens (tertiary/aromatic N) is 2. The lowest BCUT2D eigenvalue weighted by molar-refractivity contribution is -0.116. The third-order valence-electron chi connectivity index (χ3n) is 1.23. The van der Waals surface area contributed by atoms with Gasteiger partial charge >= 0.3 is 0 Å². The molecule has 0 saturated heterocycles. The van der Waals surface area contributed by atoms with E-state index in [0.717, 1.165) is 0 Å². The quantitative estimate of drug-likeness (QED) is 0.699. The molecule has 66 valence electrons. The third-order valence-corrected chi connectivity index (χ3v) is 1.81. The standard InChI is InChI=1S/C6H10N4OS/c1-7-3-2-5(11)9-6-4-8-10-12-6/h4,7H,2-3H2,1H3,(H,9,11). The van der Waals surface area contributed by atoms with Gasteiger partial charge in [-0.15, -0.1) is 5.10 Å². The van der Waals surface area contributed by atoms with Gasteiger partial charge in [0.1, 0.15) is 5.00 Å². The van der Waals surface area contributed by atoms with Crippen LogP contribution in [0.1, 0.15) is 6.42 Å². The molecule has 0 bridgehead atoms. The van der Waals surface area contributed by atoms with E-state index in [1.54, 1.807) is 0 Å². The first kappa shape index (κ1) is 9.08. The summed E-state index contributed by atoms with van der Waals surface area (Å²) < 4.78 is 3.62. The smallest absolute Gasteiger partial charge is 0.226 e. The molecule has 0 aromatic carbocycles. The summed E-state index contributed by atoms with van der Waals surface area (Å²) in [4.78, 5) is 11.1. The lowest BCUT2D eigenvalue weighted by Crippen LogP contribution is -2.18. The molecular weight excluding hydrogens is 176 g/mol. The van der Waals surface area contributed by atoms with E-state index in [1.807, 2.05) is 7.05 Å². The van der Waals surface area contributed by atoms with Gasteiger partial charge in [0, 0.05) is 24.5 Å². The molecule has 0 spiro atoms. The largest absolute Gasteiger partial charge is 0.319 e. The fourth-order valence-corrected chi connectivity index (χ4v) is 1.10. The van der Waals surface area contributed by atoms with Gasteiger partial charge in [-0.2, -0.15) is 0 Å². The molecule has 1 aromatic heterocycles. The van der Waals surface area contributed by atoms with Crippen molar-refractivity contribution >= 4 is 22.4 Å². The molecule has 1 aromatic rings. The number of carbonyl (C=O) groups excluding carboxylic acids is 1. The van der Waals surface area contributed by atoms with E-state index in [1.165, 1.54) is 17.7 Å². The predicted molar refractivity (Wildman–Crippen MR) is 47.1 cm³/mol. The van der Waals surface area contributed by atoms with E-state index in [2.05, 4.69) is 20.2 Å². The van der Waals surface area contributed by atoms with Gasteiger partial charge in [-0.05, 0) is 7.05 Å². The summed E-state index contributed by atoms with van der Waals surface area (Å²) in [6.45, 7) is 0.679. The maximum atomic E-state index is 11.1. The maximum absolute atomic E-state index is 11.1. The lowest BCUT2D eigenvalue weighted by Gasteiger charge is -1.99. The van der Waals surface area contributed by atoms with Crippen LogP contribution in [0, 0.1) is 0 Å². The number of aromatic nitrogens is 2. The van der Waals surface area contributed by atoms with Crippen LogP contribution >= 0.6 is 11.5 Å². The first-order valence-electron chi connectivity index (χ1n) is 3.54. The van der Waals surface area contributed by atoms with E-state index < -0.39 is 0 Å². The number of amides is 1. The highest BCUT2D eigenvalue weighted by molar-refractivity contribution is 7.10. The molecule has 0 aliphatic rings. The van der Waals surface area contributed by atoms with Gasteiger partial charge in [0.25, 0.3) is 0 Å². The number of rotatable bonds is 4. The zero-order valence-electron chi connectivity index (χ0n) is 6.70. The number of hydrogen-bond acceptors (Lipinski definition) is 5. The Balaban J connectivity index is 2.27. The molecule has 0 unspecified atom stereocenters. The zero-order valence-corrected chi connectivity index (χ0v) is 7.52. The first-order chi connectivity index (χ1) is 5.83. The van der Waals surface area contributed by atoms with Crippen molar-refractivity contribution in [1.82, 2.24) is 14.9 Å². The Morgan fingerprint density at radius 3 is 3.17 bits per heavy atom. The Morgan fingerprint density at radius 2 is 2.58 bits per heavy atom. The van der Waals surface area contributed by atoms with E-state index in [0.29, 0.717) is 18.0 Å². The minimum absolute atomic E-state index is 0.0181. The van der Waals surface area contributed by atoms with Crippen molar-refractivity contribution in [3.05, 3.63) is 6.20 Å². The summed E-state index contributed by atoms with van der Waals surface area (Å²) in [6, 6.07) is 0. The molecule has 5 nitrogen and oxygen atoms in total. The van der Waals surface area contributed by atoms with E-state index in [-0.39, 0.29) is 5.91 Å². The van der Waals surface area contributed by atoms with Crippen LogP contribution in [0.4, 0.5) is 5.00 Å².